The van der Waals surface area contributed by atoms with Gasteiger partial charge in [0.25, 0.3) is 0 Å². The lowest BCUT2D eigenvalue weighted by atomic mass is 9.85. The third-order valence-corrected chi connectivity index (χ3v) is 5.51. The summed E-state index contributed by atoms with van der Waals surface area (Å²) in [7, 11) is 0. The van der Waals surface area contributed by atoms with Crippen molar-refractivity contribution >= 4 is 11.8 Å². The molecule has 27 heavy (non-hydrogen) atoms. The number of piperidine rings is 1. The second-order valence-electron chi connectivity index (χ2n) is 9.25. The Bertz CT molecular complexity index is 669. The fourth-order valence-corrected chi connectivity index (χ4v) is 3.80. The minimum absolute atomic E-state index is 0.0341. The summed E-state index contributed by atoms with van der Waals surface area (Å²) in [4.78, 5) is 27.0. The van der Waals surface area contributed by atoms with Crippen molar-refractivity contribution in [3.8, 4) is 0 Å². The van der Waals surface area contributed by atoms with Gasteiger partial charge < -0.3 is 10.2 Å². The molecule has 2 aliphatic rings. The van der Waals surface area contributed by atoms with E-state index in [1.807, 2.05) is 4.90 Å². The molecule has 3 rings (SSSR count). The van der Waals surface area contributed by atoms with E-state index in [0.29, 0.717) is 13.1 Å². The molecule has 1 aromatic carbocycles. The van der Waals surface area contributed by atoms with Crippen LogP contribution in [0.2, 0.25) is 0 Å². The van der Waals surface area contributed by atoms with E-state index in [2.05, 4.69) is 26.1 Å². The fourth-order valence-electron chi connectivity index (χ4n) is 3.80. The number of benzene rings is 1. The van der Waals surface area contributed by atoms with Crippen LogP contribution in [0.1, 0.15) is 64.5 Å². The molecule has 1 aliphatic carbocycles. The Kier molecular flexibility index (Phi) is 5.87. The van der Waals surface area contributed by atoms with Crippen LogP contribution in [-0.4, -0.2) is 29.8 Å². The highest BCUT2D eigenvalue weighted by atomic mass is 19.1. The topological polar surface area (TPSA) is 49.4 Å². The summed E-state index contributed by atoms with van der Waals surface area (Å²) < 4.78 is 13.3. The molecule has 1 aliphatic heterocycles. The van der Waals surface area contributed by atoms with Crippen LogP contribution in [0.5, 0.6) is 0 Å². The highest BCUT2D eigenvalue weighted by Crippen LogP contribution is 2.33. The van der Waals surface area contributed by atoms with Crippen molar-refractivity contribution in [3.63, 3.8) is 0 Å². The van der Waals surface area contributed by atoms with E-state index in [1.165, 1.54) is 12.1 Å². The molecule has 1 aromatic rings. The predicted octanol–water partition coefficient (Wildman–Crippen LogP) is 4.07. The maximum atomic E-state index is 13.3. The van der Waals surface area contributed by atoms with E-state index < -0.39 is 0 Å². The van der Waals surface area contributed by atoms with Crippen LogP contribution >= 0.6 is 0 Å². The summed E-state index contributed by atoms with van der Waals surface area (Å²) in [6.07, 6.45) is 4.26. The average molecular weight is 375 g/mol. The predicted molar refractivity (Wildman–Crippen MR) is 103 cm³/mol. The maximum absolute atomic E-state index is 13.3. The number of amides is 2. The Morgan fingerprint density at radius 1 is 1.07 bits per heavy atom. The lowest BCUT2D eigenvalue weighted by Gasteiger charge is -2.33. The maximum Gasteiger partial charge on any atom is 0.225 e. The van der Waals surface area contributed by atoms with Crippen LogP contribution in [-0.2, 0) is 9.59 Å². The molecule has 2 fully saturated rings. The number of halogens is 1. The molecule has 4 nitrogen and oxygen atoms in total. The summed E-state index contributed by atoms with van der Waals surface area (Å²) in [5, 5.41) is 3.19. The third-order valence-electron chi connectivity index (χ3n) is 5.51. The molecule has 0 radical (unpaired) electrons. The zero-order chi connectivity index (χ0) is 19.6. The number of hydrogen-bond acceptors (Lipinski definition) is 2. The molecular weight excluding hydrogens is 343 g/mol. The summed E-state index contributed by atoms with van der Waals surface area (Å²) in [5.74, 6) is 0.228. The monoisotopic (exact) mass is 374 g/mol. The van der Waals surface area contributed by atoms with Crippen molar-refractivity contribution in [2.75, 3.05) is 13.1 Å². The van der Waals surface area contributed by atoms with Crippen LogP contribution in [0.25, 0.3) is 0 Å². The first-order valence-electron chi connectivity index (χ1n) is 10.1. The molecule has 1 saturated heterocycles. The number of likely N-dealkylation sites (tertiary alicyclic amines) is 1. The van der Waals surface area contributed by atoms with E-state index in [1.54, 1.807) is 12.1 Å². The van der Waals surface area contributed by atoms with Gasteiger partial charge in [0.05, 0.1) is 6.04 Å². The molecule has 0 spiro atoms. The van der Waals surface area contributed by atoms with Gasteiger partial charge in [0.2, 0.25) is 11.8 Å². The van der Waals surface area contributed by atoms with Crippen molar-refractivity contribution in [2.45, 2.75) is 58.9 Å². The van der Waals surface area contributed by atoms with Crippen LogP contribution < -0.4 is 5.32 Å². The Labute approximate surface area is 161 Å². The first kappa shape index (κ1) is 19.8. The van der Waals surface area contributed by atoms with Gasteiger partial charge in [0.1, 0.15) is 5.82 Å². The highest BCUT2D eigenvalue weighted by Gasteiger charge is 2.36. The quantitative estimate of drug-likeness (QED) is 0.845. The van der Waals surface area contributed by atoms with Gasteiger partial charge in [-0.1, -0.05) is 32.9 Å². The van der Waals surface area contributed by atoms with Crippen LogP contribution in [0.15, 0.2) is 24.3 Å². The SMILES string of the molecule is CC(C)(C)C[C@@H](NC(=O)C1CCN(C(=O)C2CC2)CC1)c1ccc(F)cc1. The lowest BCUT2D eigenvalue weighted by molar-refractivity contribution is -0.136. The number of nitrogens with one attached hydrogen (secondary N) is 1. The fraction of sp³-hybridized carbons (Fsp3) is 0.636. The van der Waals surface area contributed by atoms with Crippen LogP contribution in [0.3, 0.4) is 0 Å². The van der Waals surface area contributed by atoms with Crippen molar-refractivity contribution in [3.05, 3.63) is 35.6 Å². The number of hydrogen-bond donors (Lipinski definition) is 1. The summed E-state index contributed by atoms with van der Waals surface area (Å²) >= 11 is 0. The van der Waals surface area contributed by atoms with E-state index in [-0.39, 0.29) is 40.9 Å². The van der Waals surface area contributed by atoms with Gasteiger partial charge in [-0.05, 0) is 55.2 Å². The second kappa shape index (κ2) is 7.99. The van der Waals surface area contributed by atoms with E-state index >= 15 is 0 Å². The summed E-state index contributed by atoms with van der Waals surface area (Å²) in [6, 6.07) is 6.26. The molecule has 1 N–H and O–H groups in total. The Morgan fingerprint density at radius 3 is 2.19 bits per heavy atom. The Morgan fingerprint density at radius 2 is 1.67 bits per heavy atom. The van der Waals surface area contributed by atoms with Crippen LogP contribution in [0.4, 0.5) is 4.39 Å². The zero-order valence-corrected chi connectivity index (χ0v) is 16.6. The van der Waals surface area contributed by atoms with E-state index in [0.717, 1.165) is 37.7 Å². The standard InChI is InChI=1S/C22H31FN2O2/c1-22(2,3)14-19(15-6-8-18(23)9-7-15)24-20(26)16-10-12-25(13-11-16)21(27)17-4-5-17/h6-9,16-17,19H,4-5,10-14H2,1-3H3,(H,24,26)/t19-/m1/s1. The molecule has 0 aromatic heterocycles. The van der Waals surface area contributed by atoms with Crippen molar-refractivity contribution in [1.29, 1.82) is 0 Å². The van der Waals surface area contributed by atoms with Crippen molar-refractivity contribution in [1.82, 2.24) is 10.2 Å². The summed E-state index contributed by atoms with van der Waals surface area (Å²) in [6.45, 7) is 7.76. The van der Waals surface area contributed by atoms with Crippen molar-refractivity contribution in [2.24, 2.45) is 17.3 Å². The van der Waals surface area contributed by atoms with Gasteiger partial charge >= 0.3 is 0 Å². The van der Waals surface area contributed by atoms with Gasteiger partial charge in [-0.3, -0.25) is 9.59 Å². The molecule has 1 saturated carbocycles. The van der Waals surface area contributed by atoms with Gasteiger partial charge in [-0.15, -0.1) is 0 Å². The highest BCUT2D eigenvalue weighted by molar-refractivity contribution is 5.82. The molecular formula is C22H31FN2O2. The largest absolute Gasteiger partial charge is 0.349 e. The molecule has 2 amide bonds. The number of nitrogens with zero attached hydrogens (tertiary/aromatic N) is 1. The molecule has 0 unspecified atom stereocenters. The van der Waals surface area contributed by atoms with Crippen molar-refractivity contribution < 1.29 is 14.0 Å². The zero-order valence-electron chi connectivity index (χ0n) is 16.6. The van der Waals surface area contributed by atoms with E-state index in [9.17, 15) is 14.0 Å². The van der Waals surface area contributed by atoms with Gasteiger partial charge in [0.15, 0.2) is 0 Å². The number of rotatable bonds is 5. The second-order valence-corrected chi connectivity index (χ2v) is 9.25. The number of carbonyl (C=O) groups is 2. The normalized spacial score (nSPS) is 19.6. The van der Waals surface area contributed by atoms with Crippen LogP contribution in [0, 0.1) is 23.1 Å². The number of carbonyl (C=O) groups excluding carboxylic acids is 2. The average Bonchev–Trinajstić information content (AvgIpc) is 3.45. The van der Waals surface area contributed by atoms with Gasteiger partial charge in [-0.2, -0.15) is 0 Å². The molecule has 148 valence electrons. The third kappa shape index (κ3) is 5.53. The Hall–Kier alpha value is -1.91. The molecule has 1 atom stereocenters. The first-order chi connectivity index (χ1) is 12.7. The van der Waals surface area contributed by atoms with Gasteiger partial charge in [0, 0.05) is 24.9 Å². The smallest absolute Gasteiger partial charge is 0.225 e. The molecule has 1 heterocycles. The first-order valence-corrected chi connectivity index (χ1v) is 10.1. The van der Waals surface area contributed by atoms with E-state index in [4.69, 9.17) is 0 Å². The van der Waals surface area contributed by atoms with Gasteiger partial charge in [-0.25, -0.2) is 4.39 Å². The minimum Gasteiger partial charge on any atom is -0.349 e. The lowest BCUT2D eigenvalue weighted by Crippen LogP contribution is -2.44. The minimum atomic E-state index is -0.271. The molecule has 5 heteroatoms. The summed E-state index contributed by atoms with van der Waals surface area (Å²) in [5.41, 5.74) is 0.966. The Balaban J connectivity index is 1.60. The molecule has 0 bridgehead atoms.